The molecule has 2 aliphatic rings. The smallest absolute Gasteiger partial charge is 0.340 e. The zero-order chi connectivity index (χ0) is 29.1. The molecular weight excluding hydrogens is 520 g/mol. The molecule has 1 fully saturated rings. The molecule has 0 saturated carbocycles. The van der Waals surface area contributed by atoms with Gasteiger partial charge in [-0.15, -0.1) is 0 Å². The summed E-state index contributed by atoms with van der Waals surface area (Å²) in [5, 5.41) is 12.6. The molecule has 5 heteroatoms. The van der Waals surface area contributed by atoms with Gasteiger partial charge in [-0.25, -0.2) is 4.79 Å². The normalized spacial score (nSPS) is 21.7. The Morgan fingerprint density at radius 3 is 2.02 bits per heavy atom. The molecule has 1 aliphatic heterocycles. The molecule has 6 rings (SSSR count). The topological polar surface area (TPSA) is 53.0 Å². The summed E-state index contributed by atoms with van der Waals surface area (Å²) in [5.41, 5.74) is 5.73. The number of methoxy groups -OCH3 is 1. The van der Waals surface area contributed by atoms with Crippen LogP contribution in [0.1, 0.15) is 58.8 Å². The van der Waals surface area contributed by atoms with Gasteiger partial charge in [0, 0.05) is 25.7 Å². The van der Waals surface area contributed by atoms with E-state index in [1.165, 1.54) is 29.4 Å². The molecular formula is C37H40N2O3. The van der Waals surface area contributed by atoms with Crippen molar-refractivity contribution in [1.29, 1.82) is 0 Å². The third-order valence-electron chi connectivity index (χ3n) is 9.34. The highest BCUT2D eigenvalue weighted by atomic mass is 16.5. The standard InChI is InChI=1S/C37H40N2O3/c1-27(29-15-7-4-8-16-29)39(25-28-13-5-3-6-14-28)34-23-24-38(26-37(34,41)36(40)42-2)35-32-19-11-9-17-30(32)21-22-31-18-10-12-20-33(31)35/h3-20,27,34-35,41H,21-26H2,1-2H3/t27-,34+,37+/m0/s1. The summed E-state index contributed by atoms with van der Waals surface area (Å²) < 4.78 is 5.37. The number of nitrogens with zero attached hydrogens (tertiary/aromatic N) is 2. The highest BCUT2D eigenvalue weighted by Crippen LogP contribution is 2.42. The molecule has 0 spiro atoms. The molecule has 216 valence electrons. The molecule has 1 heterocycles. The largest absolute Gasteiger partial charge is 0.467 e. The van der Waals surface area contributed by atoms with E-state index in [4.69, 9.17) is 4.74 Å². The van der Waals surface area contributed by atoms with E-state index in [-0.39, 0.29) is 18.6 Å². The number of piperidine rings is 1. The van der Waals surface area contributed by atoms with Crippen LogP contribution in [-0.4, -0.2) is 52.7 Å². The summed E-state index contributed by atoms with van der Waals surface area (Å²) in [4.78, 5) is 18.3. The molecule has 1 saturated heterocycles. The van der Waals surface area contributed by atoms with Crippen LogP contribution in [0.4, 0.5) is 0 Å². The lowest BCUT2D eigenvalue weighted by Crippen LogP contribution is -2.67. The second-order valence-electron chi connectivity index (χ2n) is 11.7. The number of hydrogen-bond acceptors (Lipinski definition) is 5. The van der Waals surface area contributed by atoms with Crippen LogP contribution in [0.2, 0.25) is 0 Å². The number of hydrogen-bond donors (Lipinski definition) is 1. The molecule has 0 amide bonds. The van der Waals surface area contributed by atoms with Gasteiger partial charge in [-0.05, 0) is 59.6 Å². The van der Waals surface area contributed by atoms with Crippen LogP contribution in [0.15, 0.2) is 109 Å². The van der Waals surface area contributed by atoms with Crippen LogP contribution in [-0.2, 0) is 28.9 Å². The Hall–Kier alpha value is -3.77. The van der Waals surface area contributed by atoms with Gasteiger partial charge in [-0.2, -0.15) is 0 Å². The molecule has 0 unspecified atom stereocenters. The fourth-order valence-electron chi connectivity index (χ4n) is 7.18. The first kappa shape index (κ1) is 28.4. The Kier molecular flexibility index (Phi) is 8.25. The number of fused-ring (bicyclic) bond motifs is 2. The minimum absolute atomic E-state index is 0.0292. The number of esters is 1. The lowest BCUT2D eigenvalue weighted by molar-refractivity contribution is -0.183. The van der Waals surface area contributed by atoms with Crippen molar-refractivity contribution >= 4 is 5.97 Å². The maximum atomic E-state index is 13.7. The monoisotopic (exact) mass is 560 g/mol. The average Bonchev–Trinajstić information content (AvgIpc) is 3.21. The van der Waals surface area contributed by atoms with Crippen molar-refractivity contribution in [3.05, 3.63) is 143 Å². The highest BCUT2D eigenvalue weighted by Gasteiger charge is 2.53. The van der Waals surface area contributed by atoms with Gasteiger partial charge in [-0.3, -0.25) is 9.80 Å². The molecule has 3 atom stereocenters. The van der Waals surface area contributed by atoms with E-state index in [0.717, 1.165) is 30.5 Å². The first-order chi connectivity index (χ1) is 20.5. The van der Waals surface area contributed by atoms with E-state index in [2.05, 4.69) is 89.5 Å². The predicted octanol–water partition coefficient (Wildman–Crippen LogP) is 6.12. The minimum Gasteiger partial charge on any atom is -0.467 e. The Balaban J connectivity index is 1.41. The lowest BCUT2D eigenvalue weighted by atomic mass is 9.82. The SMILES string of the molecule is COC(=O)[C@@]1(O)CN(C2c3ccccc3CCc3ccccc32)CC[C@H]1N(Cc1ccccc1)[C@@H](C)c1ccccc1. The second kappa shape index (κ2) is 12.2. The second-order valence-corrected chi connectivity index (χ2v) is 11.7. The van der Waals surface area contributed by atoms with Gasteiger partial charge in [0.05, 0.1) is 19.2 Å². The average molecular weight is 561 g/mol. The van der Waals surface area contributed by atoms with Crippen molar-refractivity contribution in [2.24, 2.45) is 0 Å². The molecule has 1 aliphatic carbocycles. The molecule has 0 bridgehead atoms. The van der Waals surface area contributed by atoms with Gasteiger partial charge in [-0.1, -0.05) is 109 Å². The number of carbonyl (C=O) groups excluding carboxylic acids is 1. The van der Waals surface area contributed by atoms with Crippen molar-refractivity contribution in [3.8, 4) is 0 Å². The van der Waals surface area contributed by atoms with Gasteiger partial charge in [0.15, 0.2) is 5.60 Å². The minimum atomic E-state index is -1.72. The van der Waals surface area contributed by atoms with Crippen molar-refractivity contribution < 1.29 is 14.6 Å². The molecule has 42 heavy (non-hydrogen) atoms. The number of ether oxygens (including phenoxy) is 1. The van der Waals surface area contributed by atoms with Gasteiger partial charge >= 0.3 is 5.97 Å². The Labute approximate surface area is 249 Å². The molecule has 0 aromatic heterocycles. The summed E-state index contributed by atoms with van der Waals surface area (Å²) in [6, 6.07) is 37.4. The van der Waals surface area contributed by atoms with Crippen LogP contribution in [0, 0.1) is 0 Å². The summed E-state index contributed by atoms with van der Waals surface area (Å²) >= 11 is 0. The van der Waals surface area contributed by atoms with Gasteiger partial charge < -0.3 is 9.84 Å². The van der Waals surface area contributed by atoms with E-state index in [0.29, 0.717) is 13.0 Å². The first-order valence-electron chi connectivity index (χ1n) is 15.0. The third kappa shape index (κ3) is 5.40. The van der Waals surface area contributed by atoms with Crippen molar-refractivity contribution in [2.45, 2.75) is 56.5 Å². The quantitative estimate of drug-likeness (QED) is 0.276. The van der Waals surface area contributed by atoms with Crippen LogP contribution in [0.5, 0.6) is 0 Å². The van der Waals surface area contributed by atoms with Gasteiger partial charge in [0.1, 0.15) is 0 Å². The number of likely N-dealkylation sites (tertiary alicyclic amines) is 1. The number of aryl methyl sites for hydroxylation is 2. The number of aliphatic hydroxyl groups is 1. The van der Waals surface area contributed by atoms with Crippen molar-refractivity contribution in [2.75, 3.05) is 20.2 Å². The summed E-state index contributed by atoms with van der Waals surface area (Å²) in [6.07, 6.45) is 2.57. The van der Waals surface area contributed by atoms with Gasteiger partial charge in [0.25, 0.3) is 0 Å². The number of carbonyl (C=O) groups is 1. The molecule has 5 nitrogen and oxygen atoms in total. The van der Waals surface area contributed by atoms with E-state index in [9.17, 15) is 9.90 Å². The third-order valence-corrected chi connectivity index (χ3v) is 9.34. The number of β-amino-alcohol motifs (C(OH)–C–C–N with tert-alkyl or cyclic N) is 1. The van der Waals surface area contributed by atoms with Crippen LogP contribution < -0.4 is 0 Å². The summed E-state index contributed by atoms with van der Waals surface area (Å²) in [7, 11) is 1.38. The summed E-state index contributed by atoms with van der Waals surface area (Å²) in [6.45, 7) is 3.70. The van der Waals surface area contributed by atoms with Crippen LogP contribution in [0.3, 0.4) is 0 Å². The fourth-order valence-corrected chi connectivity index (χ4v) is 7.18. The van der Waals surface area contributed by atoms with E-state index in [1.807, 2.05) is 36.4 Å². The Morgan fingerprint density at radius 2 is 1.43 bits per heavy atom. The maximum absolute atomic E-state index is 13.7. The molecule has 4 aromatic carbocycles. The number of rotatable bonds is 7. The molecule has 0 radical (unpaired) electrons. The van der Waals surface area contributed by atoms with Crippen LogP contribution >= 0.6 is 0 Å². The molecule has 1 N–H and O–H groups in total. The first-order valence-corrected chi connectivity index (χ1v) is 15.0. The van der Waals surface area contributed by atoms with Gasteiger partial charge in [0.2, 0.25) is 0 Å². The van der Waals surface area contributed by atoms with Crippen molar-refractivity contribution in [3.63, 3.8) is 0 Å². The zero-order valence-electron chi connectivity index (χ0n) is 24.5. The fraction of sp³-hybridized carbons (Fsp3) is 0.324. The van der Waals surface area contributed by atoms with E-state index < -0.39 is 17.6 Å². The van der Waals surface area contributed by atoms with E-state index in [1.54, 1.807) is 0 Å². The zero-order valence-corrected chi connectivity index (χ0v) is 24.5. The maximum Gasteiger partial charge on any atom is 0.340 e. The van der Waals surface area contributed by atoms with E-state index >= 15 is 0 Å². The van der Waals surface area contributed by atoms with Crippen LogP contribution in [0.25, 0.3) is 0 Å². The Morgan fingerprint density at radius 1 is 0.881 bits per heavy atom. The number of benzene rings is 4. The molecule has 4 aromatic rings. The van der Waals surface area contributed by atoms with Crippen molar-refractivity contribution in [1.82, 2.24) is 9.80 Å². The highest BCUT2D eigenvalue weighted by molar-refractivity contribution is 5.81. The predicted molar refractivity (Wildman–Crippen MR) is 166 cm³/mol. The summed E-state index contributed by atoms with van der Waals surface area (Å²) in [5.74, 6) is -0.578. The Bertz CT molecular complexity index is 1460. The lowest BCUT2D eigenvalue weighted by Gasteiger charge is -2.51.